The third-order valence-corrected chi connectivity index (χ3v) is 3.75. The zero-order valence-electron chi connectivity index (χ0n) is 11.7. The van der Waals surface area contributed by atoms with Crippen molar-refractivity contribution in [1.29, 1.82) is 0 Å². The van der Waals surface area contributed by atoms with Gasteiger partial charge in [0.05, 0.1) is 6.54 Å². The number of carboxylic acid groups (broad SMARTS) is 1. The third-order valence-electron chi connectivity index (χ3n) is 3.75. The Labute approximate surface area is 114 Å². The van der Waals surface area contributed by atoms with Crippen molar-refractivity contribution in [3.8, 4) is 12.3 Å². The van der Waals surface area contributed by atoms with Crippen LogP contribution in [0.2, 0.25) is 0 Å². The average Bonchev–Trinajstić information content (AvgIpc) is 2.82. The van der Waals surface area contributed by atoms with Crippen molar-refractivity contribution >= 4 is 12.0 Å². The Morgan fingerprint density at radius 2 is 2.16 bits per heavy atom. The number of rotatable bonds is 5. The van der Waals surface area contributed by atoms with Gasteiger partial charge in [0.1, 0.15) is 5.54 Å². The summed E-state index contributed by atoms with van der Waals surface area (Å²) in [5.41, 5.74) is -1.06. The van der Waals surface area contributed by atoms with Crippen molar-refractivity contribution in [2.75, 3.05) is 19.6 Å². The van der Waals surface area contributed by atoms with Crippen LogP contribution in [-0.4, -0.2) is 52.1 Å². The predicted molar refractivity (Wildman–Crippen MR) is 72.7 cm³/mol. The summed E-state index contributed by atoms with van der Waals surface area (Å²) in [6.45, 7) is 5.04. The molecule has 0 aromatic heterocycles. The van der Waals surface area contributed by atoms with Crippen LogP contribution in [0, 0.1) is 12.3 Å². The Bertz CT molecular complexity index is 389. The zero-order valence-corrected chi connectivity index (χ0v) is 11.7. The van der Waals surface area contributed by atoms with E-state index in [9.17, 15) is 14.7 Å². The van der Waals surface area contributed by atoms with Crippen LogP contribution >= 0.6 is 0 Å². The molecule has 0 radical (unpaired) electrons. The van der Waals surface area contributed by atoms with Crippen molar-refractivity contribution in [2.45, 2.75) is 45.1 Å². The lowest BCUT2D eigenvalue weighted by atomic mass is 9.93. The number of hydrogen-bond acceptors (Lipinski definition) is 2. The fraction of sp³-hybridized carbons (Fsp3) is 0.714. The van der Waals surface area contributed by atoms with Gasteiger partial charge in [-0.15, -0.1) is 6.42 Å². The molecule has 1 fully saturated rings. The fourth-order valence-corrected chi connectivity index (χ4v) is 2.69. The highest BCUT2D eigenvalue weighted by atomic mass is 16.4. The molecule has 0 aliphatic carbocycles. The second-order valence-corrected chi connectivity index (χ2v) is 4.85. The van der Waals surface area contributed by atoms with Crippen molar-refractivity contribution in [3.05, 3.63) is 0 Å². The van der Waals surface area contributed by atoms with Gasteiger partial charge in [-0.1, -0.05) is 19.8 Å². The SMILES string of the molecule is C#CCN(CCC)C(=O)N1CCCC1(CC)C(=O)O. The van der Waals surface area contributed by atoms with Crippen LogP contribution < -0.4 is 0 Å². The van der Waals surface area contributed by atoms with Gasteiger partial charge in [0.2, 0.25) is 0 Å². The molecule has 1 N–H and O–H groups in total. The Balaban J connectivity index is 2.96. The molecule has 1 atom stereocenters. The number of hydrogen-bond donors (Lipinski definition) is 1. The standard InChI is InChI=1S/C14H22N2O3/c1-4-9-15(10-5-2)13(19)16-11-7-8-14(16,6-3)12(17)18/h1H,5-11H2,2-3H3,(H,17,18). The zero-order chi connectivity index (χ0) is 14.5. The Morgan fingerprint density at radius 3 is 2.63 bits per heavy atom. The number of nitrogens with zero attached hydrogens (tertiary/aromatic N) is 2. The molecule has 0 aromatic rings. The molecule has 106 valence electrons. The first kappa shape index (κ1) is 15.4. The van der Waals surface area contributed by atoms with Gasteiger partial charge in [0, 0.05) is 13.1 Å². The van der Waals surface area contributed by atoms with Gasteiger partial charge in [-0.25, -0.2) is 9.59 Å². The summed E-state index contributed by atoms with van der Waals surface area (Å²) >= 11 is 0. The summed E-state index contributed by atoms with van der Waals surface area (Å²) in [7, 11) is 0. The number of amides is 2. The lowest BCUT2D eigenvalue weighted by Gasteiger charge is -2.37. The molecule has 0 saturated carbocycles. The predicted octanol–water partition coefficient (Wildman–Crippen LogP) is 1.78. The minimum atomic E-state index is -1.06. The van der Waals surface area contributed by atoms with Crippen LogP contribution in [0.15, 0.2) is 0 Å². The molecule has 1 saturated heterocycles. The van der Waals surface area contributed by atoms with Gasteiger partial charge < -0.3 is 14.9 Å². The minimum absolute atomic E-state index is 0.225. The van der Waals surface area contributed by atoms with Crippen LogP contribution in [0.3, 0.4) is 0 Å². The molecule has 5 nitrogen and oxygen atoms in total. The monoisotopic (exact) mass is 266 g/mol. The smallest absolute Gasteiger partial charge is 0.329 e. The Morgan fingerprint density at radius 1 is 1.47 bits per heavy atom. The minimum Gasteiger partial charge on any atom is -0.479 e. The first-order valence-electron chi connectivity index (χ1n) is 6.76. The fourth-order valence-electron chi connectivity index (χ4n) is 2.69. The van der Waals surface area contributed by atoms with Crippen LogP contribution in [0.5, 0.6) is 0 Å². The Kier molecular flexibility index (Phi) is 5.22. The summed E-state index contributed by atoms with van der Waals surface area (Å²) in [4.78, 5) is 27.1. The molecule has 2 amide bonds. The molecule has 1 rings (SSSR count). The molecule has 5 heteroatoms. The van der Waals surface area contributed by atoms with Gasteiger partial charge >= 0.3 is 12.0 Å². The van der Waals surface area contributed by atoms with Gasteiger partial charge in [-0.3, -0.25) is 0 Å². The van der Waals surface area contributed by atoms with Crippen molar-refractivity contribution in [3.63, 3.8) is 0 Å². The maximum Gasteiger partial charge on any atom is 0.329 e. The van der Waals surface area contributed by atoms with Crippen molar-refractivity contribution in [2.24, 2.45) is 0 Å². The molecule has 1 aliphatic heterocycles. The maximum absolute atomic E-state index is 12.5. The summed E-state index contributed by atoms with van der Waals surface area (Å²) in [6.07, 6.45) is 7.74. The number of urea groups is 1. The number of terminal acetylenes is 1. The highest BCUT2D eigenvalue weighted by Crippen LogP contribution is 2.33. The van der Waals surface area contributed by atoms with Crippen LogP contribution in [0.1, 0.15) is 39.5 Å². The van der Waals surface area contributed by atoms with E-state index < -0.39 is 11.5 Å². The van der Waals surface area contributed by atoms with E-state index in [1.54, 1.807) is 4.90 Å². The van der Waals surface area contributed by atoms with Gasteiger partial charge in [0.15, 0.2) is 0 Å². The lowest BCUT2D eigenvalue weighted by Crippen LogP contribution is -2.56. The Hall–Kier alpha value is -1.70. The van der Waals surface area contributed by atoms with Gasteiger partial charge in [0.25, 0.3) is 0 Å². The molecular weight excluding hydrogens is 244 g/mol. The van der Waals surface area contributed by atoms with E-state index in [0.29, 0.717) is 25.9 Å². The van der Waals surface area contributed by atoms with E-state index in [1.807, 2.05) is 13.8 Å². The maximum atomic E-state index is 12.5. The van der Waals surface area contributed by atoms with E-state index >= 15 is 0 Å². The van der Waals surface area contributed by atoms with E-state index in [0.717, 1.165) is 12.8 Å². The van der Waals surface area contributed by atoms with Crippen LogP contribution in [0.4, 0.5) is 4.79 Å². The van der Waals surface area contributed by atoms with Crippen molar-refractivity contribution in [1.82, 2.24) is 9.80 Å². The summed E-state index contributed by atoms with van der Waals surface area (Å²) < 4.78 is 0. The van der Waals surface area contributed by atoms with Gasteiger partial charge in [-0.2, -0.15) is 0 Å². The average molecular weight is 266 g/mol. The summed E-state index contributed by atoms with van der Waals surface area (Å²) in [6, 6.07) is -0.249. The van der Waals surface area contributed by atoms with E-state index in [2.05, 4.69) is 5.92 Å². The highest BCUT2D eigenvalue weighted by molar-refractivity contribution is 5.87. The molecule has 0 aromatic carbocycles. The van der Waals surface area contributed by atoms with E-state index in [-0.39, 0.29) is 12.6 Å². The number of carbonyl (C=O) groups is 2. The highest BCUT2D eigenvalue weighted by Gasteiger charge is 2.49. The number of likely N-dealkylation sites (tertiary alicyclic amines) is 1. The number of carboxylic acids is 1. The first-order chi connectivity index (χ1) is 9.03. The number of aliphatic carboxylic acids is 1. The quantitative estimate of drug-likeness (QED) is 0.772. The van der Waals surface area contributed by atoms with Crippen molar-refractivity contribution < 1.29 is 14.7 Å². The van der Waals surface area contributed by atoms with Crippen LogP contribution in [0.25, 0.3) is 0 Å². The molecule has 0 spiro atoms. The molecule has 19 heavy (non-hydrogen) atoms. The molecule has 1 aliphatic rings. The summed E-state index contributed by atoms with van der Waals surface area (Å²) in [5, 5.41) is 9.47. The molecule has 1 unspecified atom stereocenters. The topological polar surface area (TPSA) is 60.9 Å². The van der Waals surface area contributed by atoms with E-state index in [1.165, 1.54) is 4.90 Å². The second-order valence-electron chi connectivity index (χ2n) is 4.85. The largest absolute Gasteiger partial charge is 0.479 e. The summed E-state index contributed by atoms with van der Waals surface area (Å²) in [5.74, 6) is 1.54. The normalized spacial score (nSPS) is 22.1. The lowest BCUT2D eigenvalue weighted by molar-refractivity contribution is -0.148. The number of carbonyl (C=O) groups excluding carboxylic acids is 1. The van der Waals surface area contributed by atoms with E-state index in [4.69, 9.17) is 6.42 Å². The second kappa shape index (κ2) is 6.46. The van der Waals surface area contributed by atoms with Crippen LogP contribution in [-0.2, 0) is 4.79 Å². The molecular formula is C14H22N2O3. The third kappa shape index (κ3) is 2.83. The first-order valence-corrected chi connectivity index (χ1v) is 6.76. The molecule has 0 bridgehead atoms. The van der Waals surface area contributed by atoms with Gasteiger partial charge in [-0.05, 0) is 25.7 Å². The molecule has 1 heterocycles.